The largest absolute Gasteiger partial charge is 0.573 e. The number of ether oxygens (including phenoxy) is 1. The fraction of sp³-hybridized carbons (Fsp3) is 0.300. The van der Waals surface area contributed by atoms with E-state index in [0.717, 1.165) is 42.9 Å². The molecule has 4 rings (SSSR count). The number of rotatable bonds is 3. The molecule has 0 aliphatic carbocycles. The number of hydrogen-bond donors (Lipinski definition) is 0. The van der Waals surface area contributed by atoms with Gasteiger partial charge in [0, 0.05) is 37.1 Å². The number of halogens is 3. The van der Waals surface area contributed by atoms with Crippen LogP contribution >= 0.6 is 0 Å². The van der Waals surface area contributed by atoms with Gasteiger partial charge in [-0.25, -0.2) is 9.97 Å². The lowest BCUT2D eigenvalue weighted by atomic mass is 10.1. The average Bonchev–Trinajstić information content (AvgIpc) is 2.67. The van der Waals surface area contributed by atoms with Crippen LogP contribution in [0.1, 0.15) is 0 Å². The van der Waals surface area contributed by atoms with E-state index in [4.69, 9.17) is 4.98 Å². The van der Waals surface area contributed by atoms with Crippen LogP contribution in [0, 0.1) is 0 Å². The minimum absolute atomic E-state index is 0.267. The third kappa shape index (κ3) is 4.01. The summed E-state index contributed by atoms with van der Waals surface area (Å²) < 4.78 is 41.0. The SMILES string of the molecule is CN1CCN(c2nc(-c3ccc(OC(F)(F)F)cc3)nc3ccccc23)CC1. The van der Waals surface area contributed by atoms with Gasteiger partial charge in [0.1, 0.15) is 11.6 Å². The first-order valence-corrected chi connectivity index (χ1v) is 8.95. The van der Waals surface area contributed by atoms with Crippen LogP contribution < -0.4 is 9.64 Å². The van der Waals surface area contributed by atoms with Crippen LogP contribution in [-0.4, -0.2) is 54.5 Å². The second-order valence-corrected chi connectivity index (χ2v) is 6.75. The van der Waals surface area contributed by atoms with Crippen molar-refractivity contribution in [3.8, 4) is 17.1 Å². The highest BCUT2D eigenvalue weighted by Gasteiger charge is 2.31. The van der Waals surface area contributed by atoms with Crippen molar-refractivity contribution in [1.82, 2.24) is 14.9 Å². The molecule has 5 nitrogen and oxygen atoms in total. The van der Waals surface area contributed by atoms with Crippen LogP contribution in [-0.2, 0) is 0 Å². The minimum atomic E-state index is -4.71. The van der Waals surface area contributed by atoms with E-state index in [1.54, 1.807) is 12.1 Å². The van der Waals surface area contributed by atoms with E-state index < -0.39 is 6.36 Å². The van der Waals surface area contributed by atoms with E-state index in [1.807, 2.05) is 24.3 Å². The lowest BCUT2D eigenvalue weighted by molar-refractivity contribution is -0.274. The molecule has 8 heteroatoms. The van der Waals surface area contributed by atoms with Crippen LogP contribution in [0.25, 0.3) is 22.3 Å². The molecule has 2 heterocycles. The van der Waals surface area contributed by atoms with Gasteiger partial charge in [-0.15, -0.1) is 13.2 Å². The van der Waals surface area contributed by atoms with Gasteiger partial charge in [0.05, 0.1) is 5.52 Å². The maximum atomic E-state index is 12.4. The molecule has 1 saturated heterocycles. The quantitative estimate of drug-likeness (QED) is 0.680. The van der Waals surface area contributed by atoms with Crippen LogP contribution in [0.3, 0.4) is 0 Å². The highest BCUT2D eigenvalue weighted by Crippen LogP contribution is 2.30. The lowest BCUT2D eigenvalue weighted by Crippen LogP contribution is -2.45. The molecule has 0 spiro atoms. The van der Waals surface area contributed by atoms with Crippen LogP contribution in [0.5, 0.6) is 5.75 Å². The Morgan fingerprint density at radius 2 is 1.57 bits per heavy atom. The summed E-state index contributed by atoms with van der Waals surface area (Å²) >= 11 is 0. The third-order valence-corrected chi connectivity index (χ3v) is 4.73. The molecule has 1 aliphatic heterocycles. The molecule has 2 aromatic carbocycles. The molecule has 1 aliphatic rings. The van der Waals surface area contributed by atoms with E-state index in [2.05, 4.69) is 26.6 Å². The summed E-state index contributed by atoms with van der Waals surface area (Å²) in [4.78, 5) is 13.9. The number of para-hydroxylation sites is 1. The third-order valence-electron chi connectivity index (χ3n) is 4.73. The molecule has 0 N–H and O–H groups in total. The summed E-state index contributed by atoms with van der Waals surface area (Å²) in [7, 11) is 2.09. The van der Waals surface area contributed by atoms with Gasteiger partial charge in [0.25, 0.3) is 0 Å². The predicted molar refractivity (Wildman–Crippen MR) is 101 cm³/mol. The monoisotopic (exact) mass is 388 g/mol. The molecule has 0 unspecified atom stereocenters. The summed E-state index contributed by atoms with van der Waals surface area (Å²) in [5.74, 6) is 1.06. The smallest absolute Gasteiger partial charge is 0.406 e. The molecule has 1 aromatic heterocycles. The maximum Gasteiger partial charge on any atom is 0.573 e. The highest BCUT2D eigenvalue weighted by atomic mass is 19.4. The fourth-order valence-corrected chi connectivity index (χ4v) is 3.25. The molecule has 0 radical (unpaired) electrons. The van der Waals surface area contributed by atoms with Crippen LogP contribution in [0.4, 0.5) is 19.0 Å². The number of piperazine rings is 1. The van der Waals surface area contributed by atoms with Crippen molar-refractivity contribution < 1.29 is 17.9 Å². The Morgan fingerprint density at radius 1 is 0.893 bits per heavy atom. The van der Waals surface area contributed by atoms with Gasteiger partial charge in [-0.3, -0.25) is 0 Å². The summed E-state index contributed by atoms with van der Waals surface area (Å²) in [6, 6.07) is 13.4. The number of likely N-dealkylation sites (N-methyl/N-ethyl adjacent to an activating group) is 1. The van der Waals surface area contributed by atoms with Crippen molar-refractivity contribution in [1.29, 1.82) is 0 Å². The molecule has 3 aromatic rings. The Labute approximate surface area is 160 Å². The van der Waals surface area contributed by atoms with Crippen molar-refractivity contribution in [2.24, 2.45) is 0 Å². The fourth-order valence-electron chi connectivity index (χ4n) is 3.25. The summed E-state index contributed by atoms with van der Waals surface area (Å²) in [5, 5.41) is 0.966. The van der Waals surface area contributed by atoms with Gasteiger partial charge in [-0.05, 0) is 43.4 Å². The number of fused-ring (bicyclic) bond motifs is 1. The number of benzene rings is 2. The maximum absolute atomic E-state index is 12.4. The summed E-state index contributed by atoms with van der Waals surface area (Å²) in [6.45, 7) is 3.60. The van der Waals surface area contributed by atoms with E-state index in [0.29, 0.717) is 11.4 Å². The van der Waals surface area contributed by atoms with Gasteiger partial charge < -0.3 is 14.5 Å². The average molecular weight is 388 g/mol. The van der Waals surface area contributed by atoms with E-state index in [9.17, 15) is 13.2 Å². The summed E-state index contributed by atoms with van der Waals surface area (Å²) in [6.07, 6.45) is -4.71. The molecule has 0 atom stereocenters. The number of anilines is 1. The molecule has 0 saturated carbocycles. The first-order chi connectivity index (χ1) is 13.4. The highest BCUT2D eigenvalue weighted by molar-refractivity contribution is 5.91. The standard InChI is InChI=1S/C20H19F3N4O/c1-26-10-12-27(13-11-26)19-16-4-2-3-5-17(16)24-18(25-19)14-6-8-15(9-7-14)28-20(21,22)23/h2-9H,10-13H2,1H3. The van der Waals surface area contributed by atoms with Crippen LogP contribution in [0.15, 0.2) is 48.5 Å². The lowest BCUT2D eigenvalue weighted by Gasteiger charge is -2.33. The van der Waals surface area contributed by atoms with Crippen molar-refractivity contribution in [2.75, 3.05) is 38.1 Å². The van der Waals surface area contributed by atoms with Gasteiger partial charge in [0.2, 0.25) is 0 Å². The van der Waals surface area contributed by atoms with E-state index >= 15 is 0 Å². The molecule has 0 amide bonds. The Hall–Kier alpha value is -2.87. The van der Waals surface area contributed by atoms with Gasteiger partial charge >= 0.3 is 6.36 Å². The van der Waals surface area contributed by atoms with Crippen LogP contribution in [0.2, 0.25) is 0 Å². The zero-order valence-corrected chi connectivity index (χ0v) is 15.3. The van der Waals surface area contributed by atoms with E-state index in [-0.39, 0.29) is 5.75 Å². The zero-order chi connectivity index (χ0) is 19.7. The first kappa shape index (κ1) is 18.5. The van der Waals surface area contributed by atoms with Crippen molar-refractivity contribution in [2.45, 2.75) is 6.36 Å². The van der Waals surface area contributed by atoms with E-state index in [1.165, 1.54) is 12.1 Å². The second-order valence-electron chi connectivity index (χ2n) is 6.75. The minimum Gasteiger partial charge on any atom is -0.406 e. The topological polar surface area (TPSA) is 41.5 Å². The first-order valence-electron chi connectivity index (χ1n) is 8.95. The van der Waals surface area contributed by atoms with Gasteiger partial charge in [-0.2, -0.15) is 0 Å². The molecule has 146 valence electrons. The van der Waals surface area contributed by atoms with Gasteiger partial charge in [0.15, 0.2) is 5.82 Å². The van der Waals surface area contributed by atoms with Gasteiger partial charge in [-0.1, -0.05) is 12.1 Å². The molecule has 0 bridgehead atoms. The van der Waals surface area contributed by atoms with Crippen molar-refractivity contribution in [3.05, 3.63) is 48.5 Å². The number of hydrogen-bond acceptors (Lipinski definition) is 5. The predicted octanol–water partition coefficient (Wildman–Crippen LogP) is 3.95. The van der Waals surface area contributed by atoms with Crippen molar-refractivity contribution in [3.63, 3.8) is 0 Å². The number of nitrogens with zero attached hydrogens (tertiary/aromatic N) is 4. The Kier molecular flexibility index (Phi) is 4.80. The molecule has 1 fully saturated rings. The Morgan fingerprint density at radius 3 is 2.25 bits per heavy atom. The normalized spacial score (nSPS) is 15.8. The second kappa shape index (κ2) is 7.27. The van der Waals surface area contributed by atoms with Crippen molar-refractivity contribution >= 4 is 16.7 Å². The Balaban J connectivity index is 1.71. The number of aromatic nitrogens is 2. The zero-order valence-electron chi connectivity index (χ0n) is 15.3. The summed E-state index contributed by atoms with van der Waals surface area (Å²) in [5.41, 5.74) is 1.44. The Bertz CT molecular complexity index is 967. The molecular weight excluding hydrogens is 369 g/mol. The molecular formula is C20H19F3N4O. The molecule has 28 heavy (non-hydrogen) atoms. The number of alkyl halides is 3.